The van der Waals surface area contributed by atoms with Crippen molar-refractivity contribution in [3.8, 4) is 11.3 Å². The Morgan fingerprint density at radius 1 is 1.35 bits per heavy atom. The maximum absolute atomic E-state index is 13.9. The van der Waals surface area contributed by atoms with Crippen LogP contribution in [0.2, 0.25) is 0 Å². The number of amides is 1. The number of rotatable bonds is 5. The second-order valence-electron chi connectivity index (χ2n) is 5.51. The van der Waals surface area contributed by atoms with Gasteiger partial charge in [0, 0.05) is 30.1 Å². The zero-order chi connectivity index (χ0) is 18.1. The van der Waals surface area contributed by atoms with Gasteiger partial charge in [0.2, 0.25) is 0 Å². The van der Waals surface area contributed by atoms with Gasteiger partial charge in [-0.1, -0.05) is 12.1 Å². The summed E-state index contributed by atoms with van der Waals surface area (Å²) < 4.78 is 15.6. The number of aromatic amines is 2. The average Bonchev–Trinajstić information content (AvgIpc) is 3.30. The minimum absolute atomic E-state index is 0.286. The number of carbonyl (C=O) groups is 1. The van der Waals surface area contributed by atoms with Crippen LogP contribution in [0.1, 0.15) is 16.3 Å². The van der Waals surface area contributed by atoms with E-state index >= 15 is 0 Å². The van der Waals surface area contributed by atoms with Gasteiger partial charge in [-0.2, -0.15) is 5.10 Å². The molecule has 132 valence electrons. The molecule has 3 heterocycles. The van der Waals surface area contributed by atoms with Crippen molar-refractivity contribution in [2.75, 3.05) is 6.54 Å². The lowest BCUT2D eigenvalue weighted by Crippen LogP contribution is -2.27. The zero-order valence-electron chi connectivity index (χ0n) is 13.3. The number of carbonyl (C=O) groups excluding carboxylic acids is 1. The first kappa shape index (κ1) is 16.2. The first-order chi connectivity index (χ1) is 12.6. The minimum atomic E-state index is -0.384. The Bertz CT molecular complexity index is 1140. The van der Waals surface area contributed by atoms with Crippen LogP contribution < -0.4 is 11.0 Å². The molecule has 0 radical (unpaired) electrons. The van der Waals surface area contributed by atoms with Crippen LogP contribution in [0.25, 0.3) is 16.2 Å². The number of hydrogen-bond donors (Lipinski definition) is 3. The number of halogens is 1. The highest BCUT2D eigenvalue weighted by molar-refractivity contribution is 7.15. The molecule has 26 heavy (non-hydrogen) atoms. The number of aromatic nitrogens is 5. The SMILES string of the molecule is O=C(NCCc1n[nH]c(=O)[nH]1)c1csc2nc(-c3ccccc3F)cn12. The van der Waals surface area contributed by atoms with Crippen LogP contribution in [0.5, 0.6) is 0 Å². The lowest BCUT2D eigenvalue weighted by molar-refractivity contribution is 0.0948. The van der Waals surface area contributed by atoms with E-state index in [1.807, 2.05) is 0 Å². The second kappa shape index (κ2) is 6.56. The van der Waals surface area contributed by atoms with Gasteiger partial charge in [-0.25, -0.2) is 19.3 Å². The lowest BCUT2D eigenvalue weighted by atomic mass is 10.1. The summed E-state index contributed by atoms with van der Waals surface area (Å²) in [6.07, 6.45) is 2.03. The van der Waals surface area contributed by atoms with E-state index in [-0.39, 0.29) is 17.4 Å². The number of fused-ring (bicyclic) bond motifs is 1. The van der Waals surface area contributed by atoms with Crippen LogP contribution in [0.3, 0.4) is 0 Å². The summed E-state index contributed by atoms with van der Waals surface area (Å²) in [7, 11) is 0. The summed E-state index contributed by atoms with van der Waals surface area (Å²) in [5.74, 6) is -0.181. The molecule has 0 saturated heterocycles. The van der Waals surface area contributed by atoms with Crippen molar-refractivity contribution in [2.45, 2.75) is 6.42 Å². The molecule has 0 saturated carbocycles. The van der Waals surface area contributed by atoms with E-state index < -0.39 is 0 Å². The normalized spacial score (nSPS) is 11.1. The van der Waals surface area contributed by atoms with Crippen LogP contribution >= 0.6 is 11.3 Å². The molecule has 0 atom stereocenters. The van der Waals surface area contributed by atoms with Crippen LogP contribution in [0, 0.1) is 5.82 Å². The van der Waals surface area contributed by atoms with Crippen LogP contribution in [-0.4, -0.2) is 37.0 Å². The van der Waals surface area contributed by atoms with Gasteiger partial charge in [0.25, 0.3) is 5.91 Å². The van der Waals surface area contributed by atoms with Crippen molar-refractivity contribution in [2.24, 2.45) is 0 Å². The Balaban J connectivity index is 1.52. The molecule has 0 aliphatic rings. The fraction of sp³-hybridized carbons (Fsp3) is 0.125. The third-order valence-electron chi connectivity index (χ3n) is 3.79. The number of thiazole rings is 1. The van der Waals surface area contributed by atoms with Crippen molar-refractivity contribution in [3.05, 3.63) is 63.7 Å². The molecule has 4 aromatic rings. The van der Waals surface area contributed by atoms with Gasteiger partial charge in [-0.15, -0.1) is 11.3 Å². The molecule has 8 nitrogen and oxygen atoms in total. The summed E-state index contributed by atoms with van der Waals surface area (Å²) in [4.78, 5) is 30.9. The van der Waals surface area contributed by atoms with E-state index in [0.717, 1.165) is 0 Å². The van der Waals surface area contributed by atoms with E-state index in [2.05, 4.69) is 25.5 Å². The van der Waals surface area contributed by atoms with E-state index in [4.69, 9.17) is 0 Å². The third-order valence-corrected chi connectivity index (χ3v) is 4.63. The molecule has 4 rings (SSSR count). The van der Waals surface area contributed by atoms with Gasteiger partial charge in [0.15, 0.2) is 4.96 Å². The molecule has 0 fully saturated rings. The maximum Gasteiger partial charge on any atom is 0.340 e. The summed E-state index contributed by atoms with van der Waals surface area (Å²) in [5, 5.41) is 10.5. The maximum atomic E-state index is 13.9. The molecule has 1 aromatic carbocycles. The topological polar surface area (TPSA) is 108 Å². The molecule has 1 amide bonds. The second-order valence-corrected chi connectivity index (χ2v) is 6.35. The summed E-state index contributed by atoms with van der Waals surface area (Å²) >= 11 is 1.30. The molecule has 0 spiro atoms. The predicted molar refractivity (Wildman–Crippen MR) is 93.7 cm³/mol. The largest absolute Gasteiger partial charge is 0.350 e. The Kier molecular flexibility index (Phi) is 4.09. The lowest BCUT2D eigenvalue weighted by Gasteiger charge is -2.02. The van der Waals surface area contributed by atoms with Gasteiger partial charge >= 0.3 is 5.69 Å². The van der Waals surface area contributed by atoms with Gasteiger partial charge < -0.3 is 5.32 Å². The number of imidazole rings is 1. The molecule has 0 aliphatic carbocycles. The van der Waals surface area contributed by atoms with Crippen molar-refractivity contribution in [1.82, 2.24) is 29.9 Å². The van der Waals surface area contributed by atoms with Gasteiger partial charge in [-0.3, -0.25) is 14.2 Å². The molecule has 0 unspecified atom stereocenters. The first-order valence-corrected chi connectivity index (χ1v) is 8.63. The molecule has 0 bridgehead atoms. The Morgan fingerprint density at radius 3 is 2.96 bits per heavy atom. The third kappa shape index (κ3) is 3.02. The fourth-order valence-corrected chi connectivity index (χ4v) is 3.41. The highest BCUT2D eigenvalue weighted by Gasteiger charge is 2.16. The van der Waals surface area contributed by atoms with E-state index in [1.54, 1.807) is 34.2 Å². The highest BCUT2D eigenvalue weighted by Crippen LogP contribution is 2.25. The minimum Gasteiger partial charge on any atom is -0.350 e. The molecule has 3 aromatic heterocycles. The van der Waals surface area contributed by atoms with Gasteiger partial charge in [0.1, 0.15) is 17.3 Å². The van der Waals surface area contributed by atoms with E-state index in [0.29, 0.717) is 40.7 Å². The van der Waals surface area contributed by atoms with E-state index in [9.17, 15) is 14.0 Å². The fourth-order valence-electron chi connectivity index (χ4n) is 2.55. The Hall–Kier alpha value is -3.27. The monoisotopic (exact) mass is 372 g/mol. The van der Waals surface area contributed by atoms with Crippen LogP contribution in [0.15, 0.2) is 40.6 Å². The molecular weight excluding hydrogens is 359 g/mol. The van der Waals surface area contributed by atoms with E-state index in [1.165, 1.54) is 17.4 Å². The van der Waals surface area contributed by atoms with Gasteiger partial charge in [-0.05, 0) is 12.1 Å². The average molecular weight is 372 g/mol. The quantitative estimate of drug-likeness (QED) is 0.494. The van der Waals surface area contributed by atoms with Crippen molar-refractivity contribution >= 4 is 22.2 Å². The zero-order valence-corrected chi connectivity index (χ0v) is 14.1. The smallest absolute Gasteiger partial charge is 0.340 e. The van der Waals surface area contributed by atoms with Crippen LogP contribution in [-0.2, 0) is 6.42 Å². The molecule has 0 aliphatic heterocycles. The van der Waals surface area contributed by atoms with Crippen molar-refractivity contribution in [1.29, 1.82) is 0 Å². The number of hydrogen-bond acceptors (Lipinski definition) is 5. The highest BCUT2D eigenvalue weighted by atomic mass is 32.1. The first-order valence-electron chi connectivity index (χ1n) is 7.75. The van der Waals surface area contributed by atoms with Crippen molar-refractivity contribution < 1.29 is 9.18 Å². The molecular formula is C16H13FN6O2S. The van der Waals surface area contributed by atoms with Gasteiger partial charge in [0.05, 0.1) is 5.69 Å². The number of nitrogens with zero attached hydrogens (tertiary/aromatic N) is 3. The Morgan fingerprint density at radius 2 is 2.19 bits per heavy atom. The molecule has 3 N–H and O–H groups in total. The summed E-state index contributed by atoms with van der Waals surface area (Å²) in [5.41, 5.74) is 0.885. The molecule has 10 heteroatoms. The summed E-state index contributed by atoms with van der Waals surface area (Å²) in [6.45, 7) is 0.311. The number of nitrogens with one attached hydrogen (secondary N) is 3. The van der Waals surface area contributed by atoms with Crippen molar-refractivity contribution in [3.63, 3.8) is 0 Å². The summed E-state index contributed by atoms with van der Waals surface area (Å²) in [6, 6.07) is 6.36. The van der Waals surface area contributed by atoms with Crippen LogP contribution in [0.4, 0.5) is 4.39 Å². The standard InChI is InChI=1S/C16H13FN6O2S/c17-10-4-2-1-3-9(10)11-7-23-12(8-26-16(23)19-11)14(24)18-6-5-13-20-15(25)22-21-13/h1-4,7-8H,5-6H2,(H,18,24)(H2,20,21,22,25). The number of benzene rings is 1. The predicted octanol–water partition coefficient (Wildman–Crippen LogP) is 1.59. The number of H-pyrrole nitrogens is 2. The Labute approximate surface area is 149 Å².